The summed E-state index contributed by atoms with van der Waals surface area (Å²) in [5, 5.41) is 3.67. The lowest BCUT2D eigenvalue weighted by Crippen LogP contribution is -2.37. The lowest BCUT2D eigenvalue weighted by molar-refractivity contribution is 0.240. The van der Waals surface area contributed by atoms with Crippen molar-refractivity contribution in [1.82, 2.24) is 5.32 Å². The van der Waals surface area contributed by atoms with Crippen LogP contribution in [0.5, 0.6) is 0 Å². The Hall–Kier alpha value is -0.820. The first kappa shape index (κ1) is 12.6. The zero-order chi connectivity index (χ0) is 11.9. The van der Waals surface area contributed by atoms with Gasteiger partial charge < -0.3 is 5.32 Å². The predicted molar refractivity (Wildman–Crippen MR) is 74.2 cm³/mol. The molecule has 0 aliphatic heterocycles. The molecule has 17 heavy (non-hydrogen) atoms. The molecule has 1 nitrogen and oxygen atoms in total. The van der Waals surface area contributed by atoms with Crippen molar-refractivity contribution >= 4 is 0 Å². The molecular formula is C16H25N. The molecule has 1 unspecified atom stereocenters. The highest BCUT2D eigenvalue weighted by Crippen LogP contribution is 2.29. The van der Waals surface area contributed by atoms with Crippen LogP contribution in [0.2, 0.25) is 0 Å². The van der Waals surface area contributed by atoms with Gasteiger partial charge in [-0.3, -0.25) is 0 Å². The Bertz CT molecular complexity index is 303. The minimum absolute atomic E-state index is 0.737. The molecule has 1 aromatic carbocycles. The molecule has 94 valence electrons. The van der Waals surface area contributed by atoms with Gasteiger partial charge in [0.2, 0.25) is 0 Å². The second kappa shape index (κ2) is 6.80. The van der Waals surface area contributed by atoms with E-state index < -0.39 is 0 Å². The lowest BCUT2D eigenvalue weighted by atomic mass is 9.80. The maximum Gasteiger partial charge on any atom is 0.00669 e. The molecule has 0 spiro atoms. The summed E-state index contributed by atoms with van der Waals surface area (Å²) in [4.78, 5) is 0. The Morgan fingerprint density at radius 2 is 1.94 bits per heavy atom. The number of aryl methyl sites for hydroxylation is 1. The number of hydrogen-bond acceptors (Lipinski definition) is 1. The highest BCUT2D eigenvalue weighted by Gasteiger charge is 2.22. The predicted octanol–water partition coefficient (Wildman–Crippen LogP) is 3.79. The van der Waals surface area contributed by atoms with E-state index in [1.165, 1.54) is 50.6 Å². The van der Waals surface area contributed by atoms with Crippen LogP contribution >= 0.6 is 0 Å². The average Bonchev–Trinajstić information content (AvgIpc) is 2.27. The van der Waals surface area contributed by atoms with Crippen molar-refractivity contribution < 1.29 is 0 Å². The number of unbranched alkanes of at least 4 members (excludes halogenated alkanes) is 1. The van der Waals surface area contributed by atoms with Crippen molar-refractivity contribution in [2.75, 3.05) is 6.54 Å². The van der Waals surface area contributed by atoms with E-state index in [2.05, 4.69) is 42.6 Å². The summed E-state index contributed by atoms with van der Waals surface area (Å²) in [7, 11) is 0. The van der Waals surface area contributed by atoms with Crippen LogP contribution in [0, 0.1) is 5.92 Å². The van der Waals surface area contributed by atoms with Crippen molar-refractivity contribution in [2.24, 2.45) is 5.92 Å². The first-order valence-electron chi connectivity index (χ1n) is 7.13. The monoisotopic (exact) mass is 231 g/mol. The van der Waals surface area contributed by atoms with Crippen molar-refractivity contribution in [3.63, 3.8) is 0 Å². The first-order chi connectivity index (χ1) is 8.36. The summed E-state index contributed by atoms with van der Waals surface area (Å²) < 4.78 is 0. The van der Waals surface area contributed by atoms with Crippen LogP contribution in [0.15, 0.2) is 30.3 Å². The number of rotatable bonds is 7. The van der Waals surface area contributed by atoms with Gasteiger partial charge in [0.05, 0.1) is 0 Å². The van der Waals surface area contributed by atoms with Gasteiger partial charge in [0.25, 0.3) is 0 Å². The standard InChI is InChI=1S/C16H25N/c1-14(16-11-7-12-16)17-13-6-5-10-15-8-3-2-4-9-15/h2-4,8-9,14,16-17H,5-7,10-13H2,1H3. The van der Waals surface area contributed by atoms with Crippen molar-refractivity contribution in [1.29, 1.82) is 0 Å². The SMILES string of the molecule is CC(NCCCCc1ccccc1)C1CCC1. The van der Waals surface area contributed by atoms with Crippen molar-refractivity contribution in [3.8, 4) is 0 Å². The minimum atomic E-state index is 0.737. The summed E-state index contributed by atoms with van der Waals surface area (Å²) in [5.74, 6) is 0.962. The van der Waals surface area contributed by atoms with Crippen LogP contribution in [0.25, 0.3) is 0 Å². The summed E-state index contributed by atoms with van der Waals surface area (Å²) in [6.45, 7) is 3.53. The molecule has 0 amide bonds. The third-order valence-corrected chi connectivity index (χ3v) is 4.06. The fourth-order valence-corrected chi connectivity index (χ4v) is 2.54. The van der Waals surface area contributed by atoms with Gasteiger partial charge in [0, 0.05) is 6.04 Å². The van der Waals surface area contributed by atoms with Crippen LogP contribution in [0.3, 0.4) is 0 Å². The van der Waals surface area contributed by atoms with E-state index in [1.807, 2.05) is 0 Å². The number of nitrogens with one attached hydrogen (secondary N) is 1. The van der Waals surface area contributed by atoms with E-state index in [0.29, 0.717) is 0 Å². The van der Waals surface area contributed by atoms with Gasteiger partial charge in [-0.2, -0.15) is 0 Å². The molecule has 0 aromatic heterocycles. The maximum atomic E-state index is 3.67. The molecule has 1 aliphatic carbocycles. The zero-order valence-electron chi connectivity index (χ0n) is 11.0. The Balaban J connectivity index is 1.51. The van der Waals surface area contributed by atoms with Crippen molar-refractivity contribution in [2.45, 2.75) is 51.5 Å². The van der Waals surface area contributed by atoms with Crippen LogP contribution < -0.4 is 5.32 Å². The van der Waals surface area contributed by atoms with Crippen LogP contribution in [-0.2, 0) is 6.42 Å². The van der Waals surface area contributed by atoms with Gasteiger partial charge in [-0.05, 0) is 57.1 Å². The Kier molecular flexibility index (Phi) is 5.06. The lowest BCUT2D eigenvalue weighted by Gasteiger charge is -2.32. The average molecular weight is 231 g/mol. The van der Waals surface area contributed by atoms with Crippen LogP contribution in [-0.4, -0.2) is 12.6 Å². The molecule has 1 atom stereocenters. The van der Waals surface area contributed by atoms with E-state index in [1.54, 1.807) is 0 Å². The maximum absolute atomic E-state index is 3.67. The van der Waals surface area contributed by atoms with E-state index in [9.17, 15) is 0 Å². The molecule has 2 rings (SSSR count). The molecule has 0 bridgehead atoms. The fraction of sp³-hybridized carbons (Fsp3) is 0.625. The topological polar surface area (TPSA) is 12.0 Å². The second-order valence-electron chi connectivity index (χ2n) is 5.38. The molecule has 0 radical (unpaired) electrons. The van der Waals surface area contributed by atoms with Gasteiger partial charge in [-0.1, -0.05) is 36.8 Å². The third kappa shape index (κ3) is 4.16. The van der Waals surface area contributed by atoms with E-state index >= 15 is 0 Å². The van der Waals surface area contributed by atoms with E-state index in [0.717, 1.165) is 12.0 Å². The molecule has 0 saturated heterocycles. The fourth-order valence-electron chi connectivity index (χ4n) is 2.54. The molecule has 0 heterocycles. The van der Waals surface area contributed by atoms with E-state index in [4.69, 9.17) is 0 Å². The third-order valence-electron chi connectivity index (χ3n) is 4.06. The largest absolute Gasteiger partial charge is 0.314 e. The van der Waals surface area contributed by atoms with Gasteiger partial charge in [-0.15, -0.1) is 0 Å². The molecule has 1 aliphatic rings. The van der Waals surface area contributed by atoms with Gasteiger partial charge >= 0.3 is 0 Å². The normalized spacial score (nSPS) is 17.7. The van der Waals surface area contributed by atoms with Gasteiger partial charge in [0.1, 0.15) is 0 Å². The quantitative estimate of drug-likeness (QED) is 0.704. The molecule has 1 heteroatoms. The number of benzene rings is 1. The first-order valence-corrected chi connectivity index (χ1v) is 7.13. The number of hydrogen-bond donors (Lipinski definition) is 1. The van der Waals surface area contributed by atoms with Gasteiger partial charge in [0.15, 0.2) is 0 Å². The van der Waals surface area contributed by atoms with Crippen molar-refractivity contribution in [3.05, 3.63) is 35.9 Å². The molecule has 1 saturated carbocycles. The molecular weight excluding hydrogens is 206 g/mol. The highest BCUT2D eigenvalue weighted by atomic mass is 14.9. The van der Waals surface area contributed by atoms with Gasteiger partial charge in [-0.25, -0.2) is 0 Å². The summed E-state index contributed by atoms with van der Waals surface area (Å²) in [6, 6.07) is 11.5. The Morgan fingerprint density at radius 3 is 2.59 bits per heavy atom. The van der Waals surface area contributed by atoms with Crippen LogP contribution in [0.4, 0.5) is 0 Å². The Labute approximate surface area is 106 Å². The van der Waals surface area contributed by atoms with Crippen LogP contribution in [0.1, 0.15) is 44.6 Å². The molecule has 1 aromatic rings. The Morgan fingerprint density at radius 1 is 1.18 bits per heavy atom. The smallest absolute Gasteiger partial charge is 0.00669 e. The highest BCUT2D eigenvalue weighted by molar-refractivity contribution is 5.14. The second-order valence-corrected chi connectivity index (χ2v) is 5.38. The summed E-state index contributed by atoms with van der Waals surface area (Å²) in [6.07, 6.45) is 8.15. The minimum Gasteiger partial charge on any atom is -0.314 e. The zero-order valence-corrected chi connectivity index (χ0v) is 11.0. The summed E-state index contributed by atoms with van der Waals surface area (Å²) in [5.41, 5.74) is 1.47. The summed E-state index contributed by atoms with van der Waals surface area (Å²) >= 11 is 0. The molecule has 1 N–H and O–H groups in total. The molecule has 1 fully saturated rings. The van der Waals surface area contributed by atoms with E-state index in [-0.39, 0.29) is 0 Å².